The van der Waals surface area contributed by atoms with Crippen molar-refractivity contribution in [1.29, 1.82) is 0 Å². The molecule has 8 rings (SSSR count). The first-order valence-electron chi connectivity index (χ1n) is 19.2. The van der Waals surface area contributed by atoms with Gasteiger partial charge >= 0.3 is 0 Å². The number of methoxy groups -OCH3 is 1. The van der Waals surface area contributed by atoms with E-state index < -0.39 is 0 Å². The first kappa shape index (κ1) is 40.7. The highest BCUT2D eigenvalue weighted by atomic mass is 35.5. The van der Waals surface area contributed by atoms with E-state index in [1.807, 2.05) is 76.2 Å². The number of ether oxygens (including phenoxy) is 1. The first-order chi connectivity index (χ1) is 26.7. The van der Waals surface area contributed by atoms with Crippen molar-refractivity contribution in [3.63, 3.8) is 0 Å². The maximum atomic E-state index is 13.8. The maximum absolute atomic E-state index is 13.8. The second-order valence-corrected chi connectivity index (χ2v) is 15.9. The molecule has 2 atom stereocenters. The lowest BCUT2D eigenvalue weighted by molar-refractivity contribution is 0.0510. The van der Waals surface area contributed by atoms with E-state index in [2.05, 4.69) is 18.6 Å². The molecule has 0 bridgehead atoms. The van der Waals surface area contributed by atoms with Crippen molar-refractivity contribution in [3.05, 3.63) is 106 Å². The number of aliphatic hydroxyl groups excluding tert-OH is 2. The molecule has 0 aliphatic carbocycles. The Hall–Kier alpha value is -4.93. The number of hydrogen-bond donors (Lipinski definition) is 2. The van der Waals surface area contributed by atoms with E-state index in [4.69, 9.17) is 21.8 Å². The van der Waals surface area contributed by atoms with Gasteiger partial charge in [0, 0.05) is 57.7 Å². The first-order valence-corrected chi connectivity index (χ1v) is 19.6. The van der Waals surface area contributed by atoms with Gasteiger partial charge in [0.2, 0.25) is 0 Å². The molecule has 2 N–H and O–H groups in total. The van der Waals surface area contributed by atoms with Crippen LogP contribution in [0.5, 0.6) is 0 Å². The van der Waals surface area contributed by atoms with Crippen molar-refractivity contribution in [2.24, 2.45) is 11.8 Å². The molecule has 9 nitrogen and oxygen atoms in total. The zero-order chi connectivity index (χ0) is 40.6. The molecule has 6 aromatic rings. The molecular formula is C46H49ClN2O7. The van der Waals surface area contributed by atoms with Gasteiger partial charge in [-0.3, -0.25) is 29.0 Å². The van der Waals surface area contributed by atoms with Crippen molar-refractivity contribution in [2.75, 3.05) is 26.9 Å². The van der Waals surface area contributed by atoms with E-state index in [1.165, 1.54) is 9.80 Å². The monoisotopic (exact) mass is 776 g/mol. The van der Waals surface area contributed by atoms with E-state index in [1.54, 1.807) is 31.4 Å². The molecule has 6 aromatic carbocycles. The van der Waals surface area contributed by atoms with Gasteiger partial charge < -0.3 is 14.9 Å². The van der Waals surface area contributed by atoms with Crippen molar-refractivity contribution < 1.29 is 34.1 Å². The Labute approximate surface area is 332 Å². The Morgan fingerprint density at radius 2 is 1.05 bits per heavy atom. The quantitative estimate of drug-likeness (QED) is 0.0854. The number of benzene rings is 6. The molecule has 0 saturated heterocycles. The van der Waals surface area contributed by atoms with Crippen molar-refractivity contribution >= 4 is 78.3 Å². The van der Waals surface area contributed by atoms with Gasteiger partial charge in [-0.1, -0.05) is 75.7 Å². The van der Waals surface area contributed by atoms with Crippen LogP contribution in [0.2, 0.25) is 5.02 Å². The smallest absolute Gasteiger partial charge is 0.261 e. The lowest BCUT2D eigenvalue weighted by Crippen LogP contribution is -2.47. The van der Waals surface area contributed by atoms with Crippen molar-refractivity contribution in [3.8, 4) is 0 Å². The van der Waals surface area contributed by atoms with Crippen LogP contribution in [0.3, 0.4) is 0 Å². The summed E-state index contributed by atoms with van der Waals surface area (Å²) in [7, 11) is 1.55. The molecule has 0 saturated carbocycles. The summed E-state index contributed by atoms with van der Waals surface area (Å²) in [6.07, 6.45) is 1.31. The van der Waals surface area contributed by atoms with E-state index in [-0.39, 0.29) is 54.8 Å². The number of fused-ring (bicyclic) bond motifs is 2. The van der Waals surface area contributed by atoms with Gasteiger partial charge in [-0.25, -0.2) is 0 Å². The molecule has 0 fully saturated rings. The number of halogens is 1. The average Bonchev–Trinajstić information content (AvgIpc) is 3.16. The highest BCUT2D eigenvalue weighted by molar-refractivity contribution is 6.41. The Balaban J connectivity index is 0.000000388. The Bertz CT molecular complexity index is 2330. The van der Waals surface area contributed by atoms with E-state index in [0.29, 0.717) is 57.0 Å². The normalized spacial score (nSPS) is 14.9. The zero-order valence-corrected chi connectivity index (χ0v) is 33.7. The molecule has 2 aliphatic heterocycles. The molecule has 0 spiro atoms. The fourth-order valence-corrected chi connectivity index (χ4v) is 8.00. The van der Waals surface area contributed by atoms with Crippen LogP contribution >= 0.6 is 11.6 Å². The van der Waals surface area contributed by atoms with Gasteiger partial charge in [-0.05, 0) is 113 Å². The molecule has 56 heavy (non-hydrogen) atoms. The second-order valence-electron chi connectivity index (χ2n) is 15.4. The SMILES string of the molecule is CC(C)C(C)N1C(=O)c2ccc3c4ccc5c6c(ccc(c7ccc(c2c37)C1=O)c64)C(=O)N(CCc1ccc(Cl)cc1)C5=O.CC(C)CC(C)O.COCCO. The van der Waals surface area contributed by atoms with Gasteiger partial charge in [0.1, 0.15) is 0 Å². The summed E-state index contributed by atoms with van der Waals surface area (Å²) >= 11 is 6.02. The molecule has 2 aliphatic rings. The third kappa shape index (κ3) is 7.37. The standard InChI is InChI=1S/C37H27ClN2O4.C6H14O.C3H8O2/c1-18(2)19(3)40-36(43)28-14-10-24-22-8-12-26-32-27(35(42)39(34(26)41)17-16-20-4-6-21(38)7-5-20)13-9-23(30(22)32)25-11-15-29(37(40)44)33(28)31(24)25;1-5(2)4-6(3)7;1-5-3-2-4/h4-15,18-19H,16-17H2,1-3H3;5-7H,4H2,1-3H3;4H,2-3H2,1H3. The van der Waals surface area contributed by atoms with Crippen LogP contribution in [-0.2, 0) is 11.2 Å². The molecule has 0 radical (unpaired) electrons. The van der Waals surface area contributed by atoms with E-state index in [9.17, 15) is 19.2 Å². The summed E-state index contributed by atoms with van der Waals surface area (Å²) in [5.74, 6) is -0.447. The number of hydrogen-bond acceptors (Lipinski definition) is 7. The molecule has 10 heteroatoms. The van der Waals surface area contributed by atoms with Gasteiger partial charge in [0.15, 0.2) is 0 Å². The van der Waals surface area contributed by atoms with Crippen LogP contribution in [-0.4, -0.2) is 82.7 Å². The highest BCUT2D eigenvalue weighted by Gasteiger charge is 2.39. The third-order valence-corrected chi connectivity index (χ3v) is 11.0. The van der Waals surface area contributed by atoms with Gasteiger partial charge in [0.05, 0.1) is 19.3 Å². The van der Waals surface area contributed by atoms with Crippen LogP contribution < -0.4 is 0 Å². The number of aliphatic hydroxyl groups is 2. The molecule has 292 valence electrons. The summed E-state index contributed by atoms with van der Waals surface area (Å²) in [6, 6.07) is 22.1. The van der Waals surface area contributed by atoms with Crippen LogP contribution in [0.15, 0.2) is 72.8 Å². The number of carbonyl (C=O) groups excluding carboxylic acids is 4. The van der Waals surface area contributed by atoms with Crippen LogP contribution in [0.25, 0.3) is 43.1 Å². The number of carbonyl (C=O) groups is 4. The van der Waals surface area contributed by atoms with Gasteiger partial charge in [0.25, 0.3) is 23.6 Å². The summed E-state index contributed by atoms with van der Waals surface area (Å²) < 4.78 is 4.44. The van der Waals surface area contributed by atoms with Crippen LogP contribution in [0.4, 0.5) is 0 Å². The molecule has 2 unspecified atom stereocenters. The number of imide groups is 2. The fraction of sp³-hybridized carbons (Fsp3) is 0.348. The van der Waals surface area contributed by atoms with Crippen molar-refractivity contribution in [1.82, 2.24) is 9.80 Å². The largest absolute Gasteiger partial charge is 0.394 e. The van der Waals surface area contributed by atoms with Crippen LogP contribution in [0.1, 0.15) is 95.0 Å². The average molecular weight is 777 g/mol. The number of rotatable bonds is 9. The predicted molar refractivity (Wildman–Crippen MR) is 223 cm³/mol. The minimum absolute atomic E-state index is 0.114. The third-order valence-electron chi connectivity index (χ3n) is 10.8. The molecule has 2 heterocycles. The van der Waals surface area contributed by atoms with E-state index >= 15 is 0 Å². The molecule has 4 amide bonds. The molecule has 0 aromatic heterocycles. The summed E-state index contributed by atoms with van der Waals surface area (Å²) in [5.41, 5.74) is 3.01. The van der Waals surface area contributed by atoms with Crippen molar-refractivity contribution in [2.45, 2.75) is 66.5 Å². The number of amides is 4. The minimum Gasteiger partial charge on any atom is -0.394 e. The maximum Gasteiger partial charge on any atom is 0.261 e. The summed E-state index contributed by atoms with van der Waals surface area (Å²) in [5, 5.41) is 23.8. The zero-order valence-electron chi connectivity index (χ0n) is 33.0. The lowest BCUT2D eigenvalue weighted by atomic mass is 9.82. The van der Waals surface area contributed by atoms with E-state index in [0.717, 1.165) is 44.3 Å². The Kier molecular flexibility index (Phi) is 12.1. The molecular weight excluding hydrogens is 728 g/mol. The predicted octanol–water partition coefficient (Wildman–Crippen LogP) is 8.91. The highest BCUT2D eigenvalue weighted by Crippen LogP contribution is 2.46. The van der Waals surface area contributed by atoms with Gasteiger partial charge in [-0.15, -0.1) is 0 Å². The lowest BCUT2D eigenvalue weighted by Gasteiger charge is -2.34. The topological polar surface area (TPSA) is 124 Å². The fourth-order valence-electron chi connectivity index (χ4n) is 7.87. The minimum atomic E-state index is -0.313. The Morgan fingerprint density at radius 1 is 0.625 bits per heavy atom. The summed E-state index contributed by atoms with van der Waals surface area (Å²) in [6.45, 7) is 12.8. The summed E-state index contributed by atoms with van der Waals surface area (Å²) in [4.78, 5) is 57.8. The van der Waals surface area contributed by atoms with Gasteiger partial charge in [-0.2, -0.15) is 0 Å². The number of nitrogens with zero attached hydrogens (tertiary/aromatic N) is 2. The second kappa shape index (κ2) is 16.7. The Morgan fingerprint density at radius 3 is 1.38 bits per heavy atom. The van der Waals surface area contributed by atoms with Crippen LogP contribution in [0, 0.1) is 11.8 Å².